The summed E-state index contributed by atoms with van der Waals surface area (Å²) < 4.78 is 6.34. The van der Waals surface area contributed by atoms with E-state index < -0.39 is 0 Å². The molecule has 18 heavy (non-hydrogen) atoms. The van der Waals surface area contributed by atoms with E-state index in [-0.39, 0.29) is 5.60 Å². The van der Waals surface area contributed by atoms with Gasteiger partial charge < -0.3 is 10.1 Å². The van der Waals surface area contributed by atoms with Gasteiger partial charge in [-0.2, -0.15) is 0 Å². The molecule has 0 bridgehead atoms. The molecule has 0 amide bonds. The van der Waals surface area contributed by atoms with E-state index in [4.69, 9.17) is 4.74 Å². The third kappa shape index (κ3) is 4.24. The summed E-state index contributed by atoms with van der Waals surface area (Å²) in [5.74, 6) is 1.59. The summed E-state index contributed by atoms with van der Waals surface area (Å²) in [6, 6.07) is 0.799. The van der Waals surface area contributed by atoms with Gasteiger partial charge in [0.15, 0.2) is 0 Å². The molecule has 0 saturated heterocycles. The van der Waals surface area contributed by atoms with Crippen LogP contribution in [0.5, 0.6) is 0 Å². The molecule has 2 rings (SSSR count). The molecule has 2 heteroatoms. The van der Waals surface area contributed by atoms with Crippen molar-refractivity contribution in [3.8, 4) is 0 Å². The van der Waals surface area contributed by atoms with Gasteiger partial charge in [-0.25, -0.2) is 0 Å². The van der Waals surface area contributed by atoms with Crippen LogP contribution >= 0.6 is 0 Å². The molecule has 0 spiro atoms. The lowest BCUT2D eigenvalue weighted by molar-refractivity contribution is -0.0858. The highest BCUT2D eigenvalue weighted by Gasteiger charge is 2.37. The normalized spacial score (nSPS) is 33.0. The molecule has 0 unspecified atom stereocenters. The molecule has 2 aliphatic carbocycles. The Labute approximate surface area is 113 Å². The number of hydrogen-bond donors (Lipinski definition) is 1. The second-order valence-electron chi connectivity index (χ2n) is 6.89. The van der Waals surface area contributed by atoms with Crippen LogP contribution in [0.2, 0.25) is 0 Å². The van der Waals surface area contributed by atoms with E-state index in [0.29, 0.717) is 5.92 Å². The fraction of sp³-hybridized carbons (Fsp3) is 1.00. The first-order valence-electron chi connectivity index (χ1n) is 8.01. The van der Waals surface area contributed by atoms with Gasteiger partial charge in [-0.15, -0.1) is 0 Å². The summed E-state index contributed by atoms with van der Waals surface area (Å²) in [4.78, 5) is 0. The summed E-state index contributed by atoms with van der Waals surface area (Å²) in [6.45, 7) is 8.83. The second-order valence-corrected chi connectivity index (χ2v) is 6.89. The second kappa shape index (κ2) is 6.38. The molecule has 0 heterocycles. The zero-order valence-corrected chi connectivity index (χ0v) is 12.5. The molecule has 0 atom stereocenters. The lowest BCUT2D eigenvalue weighted by Crippen LogP contribution is -2.47. The average Bonchev–Trinajstić information content (AvgIpc) is 3.19. The lowest BCUT2D eigenvalue weighted by Gasteiger charge is -2.41. The standard InChI is InChI=1S/C16H31NO/c1-4-14-7-9-16(10-8-14,18-11-13(2)3)12-17-15-5-6-15/h13-15,17H,4-12H2,1-3H3. The minimum atomic E-state index is 0.151. The van der Waals surface area contributed by atoms with Crippen molar-refractivity contribution in [1.82, 2.24) is 5.32 Å². The first-order chi connectivity index (χ1) is 8.63. The maximum absolute atomic E-state index is 6.34. The van der Waals surface area contributed by atoms with Crippen molar-refractivity contribution in [2.45, 2.75) is 77.4 Å². The third-order valence-corrected chi connectivity index (χ3v) is 4.61. The van der Waals surface area contributed by atoms with Crippen LogP contribution in [0.3, 0.4) is 0 Å². The van der Waals surface area contributed by atoms with E-state index in [9.17, 15) is 0 Å². The van der Waals surface area contributed by atoms with E-state index in [1.165, 1.54) is 44.9 Å². The van der Waals surface area contributed by atoms with E-state index in [1.807, 2.05) is 0 Å². The topological polar surface area (TPSA) is 21.3 Å². The fourth-order valence-corrected chi connectivity index (χ4v) is 2.95. The highest BCUT2D eigenvalue weighted by Crippen LogP contribution is 2.37. The average molecular weight is 253 g/mol. The Bertz CT molecular complexity index is 231. The molecular formula is C16H31NO. The van der Waals surface area contributed by atoms with Crippen LogP contribution in [0.25, 0.3) is 0 Å². The smallest absolute Gasteiger partial charge is 0.0806 e. The number of nitrogens with one attached hydrogen (secondary N) is 1. The monoisotopic (exact) mass is 253 g/mol. The van der Waals surface area contributed by atoms with Crippen LogP contribution in [-0.2, 0) is 4.74 Å². The molecule has 2 nitrogen and oxygen atoms in total. The number of hydrogen-bond acceptors (Lipinski definition) is 2. The van der Waals surface area contributed by atoms with Gasteiger partial charge in [-0.3, -0.25) is 0 Å². The van der Waals surface area contributed by atoms with Crippen LogP contribution in [0.15, 0.2) is 0 Å². The quantitative estimate of drug-likeness (QED) is 0.746. The van der Waals surface area contributed by atoms with Gasteiger partial charge in [0.25, 0.3) is 0 Å². The molecule has 2 aliphatic rings. The van der Waals surface area contributed by atoms with Crippen LogP contribution in [0.4, 0.5) is 0 Å². The zero-order chi connectivity index (χ0) is 13.0. The summed E-state index contributed by atoms with van der Waals surface area (Å²) in [5, 5.41) is 3.70. The van der Waals surface area contributed by atoms with Crippen molar-refractivity contribution in [1.29, 1.82) is 0 Å². The van der Waals surface area contributed by atoms with E-state index in [1.54, 1.807) is 0 Å². The van der Waals surface area contributed by atoms with E-state index in [2.05, 4.69) is 26.1 Å². The largest absolute Gasteiger partial charge is 0.373 e. The summed E-state index contributed by atoms with van der Waals surface area (Å²) in [5.41, 5.74) is 0.151. The van der Waals surface area contributed by atoms with Crippen molar-refractivity contribution in [3.05, 3.63) is 0 Å². The van der Waals surface area contributed by atoms with Gasteiger partial charge in [-0.05, 0) is 50.4 Å². The van der Waals surface area contributed by atoms with E-state index >= 15 is 0 Å². The maximum Gasteiger partial charge on any atom is 0.0806 e. The third-order valence-electron chi connectivity index (χ3n) is 4.61. The number of rotatable bonds is 7. The van der Waals surface area contributed by atoms with Gasteiger partial charge in [0.2, 0.25) is 0 Å². The first-order valence-corrected chi connectivity index (χ1v) is 8.01. The van der Waals surface area contributed by atoms with Gasteiger partial charge in [-0.1, -0.05) is 27.2 Å². The fourth-order valence-electron chi connectivity index (χ4n) is 2.95. The zero-order valence-electron chi connectivity index (χ0n) is 12.5. The first kappa shape index (κ1) is 14.3. The minimum absolute atomic E-state index is 0.151. The Morgan fingerprint density at radius 2 is 1.83 bits per heavy atom. The van der Waals surface area contributed by atoms with Crippen LogP contribution in [0, 0.1) is 11.8 Å². The predicted molar refractivity (Wildman–Crippen MR) is 76.8 cm³/mol. The molecule has 0 aromatic carbocycles. The Morgan fingerprint density at radius 1 is 1.17 bits per heavy atom. The molecule has 2 fully saturated rings. The van der Waals surface area contributed by atoms with Crippen molar-refractivity contribution < 1.29 is 4.74 Å². The van der Waals surface area contributed by atoms with Crippen LogP contribution in [0.1, 0.15) is 65.7 Å². The van der Waals surface area contributed by atoms with Gasteiger partial charge in [0, 0.05) is 19.2 Å². The van der Waals surface area contributed by atoms with Gasteiger partial charge >= 0.3 is 0 Å². The Hall–Kier alpha value is -0.0800. The molecule has 2 saturated carbocycles. The summed E-state index contributed by atoms with van der Waals surface area (Å²) in [6.07, 6.45) is 9.34. The predicted octanol–water partition coefficient (Wildman–Crippen LogP) is 3.75. The summed E-state index contributed by atoms with van der Waals surface area (Å²) in [7, 11) is 0. The number of ether oxygens (including phenoxy) is 1. The molecule has 106 valence electrons. The van der Waals surface area contributed by atoms with E-state index in [0.717, 1.165) is 25.1 Å². The van der Waals surface area contributed by atoms with Gasteiger partial charge in [0.05, 0.1) is 5.60 Å². The highest BCUT2D eigenvalue weighted by molar-refractivity contribution is 4.92. The minimum Gasteiger partial charge on any atom is -0.373 e. The lowest BCUT2D eigenvalue weighted by atomic mass is 9.77. The van der Waals surface area contributed by atoms with Crippen molar-refractivity contribution in [3.63, 3.8) is 0 Å². The Balaban J connectivity index is 1.84. The molecule has 0 aromatic heterocycles. The summed E-state index contributed by atoms with van der Waals surface area (Å²) >= 11 is 0. The maximum atomic E-state index is 6.34. The molecule has 0 radical (unpaired) electrons. The van der Waals surface area contributed by atoms with Crippen LogP contribution in [-0.4, -0.2) is 24.8 Å². The molecule has 0 aromatic rings. The Kier molecular flexibility index (Phi) is 5.08. The molecule has 0 aliphatic heterocycles. The van der Waals surface area contributed by atoms with Crippen molar-refractivity contribution in [2.75, 3.05) is 13.2 Å². The highest BCUT2D eigenvalue weighted by atomic mass is 16.5. The van der Waals surface area contributed by atoms with Gasteiger partial charge in [0.1, 0.15) is 0 Å². The van der Waals surface area contributed by atoms with Crippen molar-refractivity contribution in [2.24, 2.45) is 11.8 Å². The Morgan fingerprint density at radius 3 is 2.33 bits per heavy atom. The SMILES string of the molecule is CCC1CCC(CNC2CC2)(OCC(C)C)CC1. The molecular weight excluding hydrogens is 222 g/mol. The molecule has 1 N–H and O–H groups in total. The van der Waals surface area contributed by atoms with Crippen LogP contribution < -0.4 is 5.32 Å². The van der Waals surface area contributed by atoms with Crippen molar-refractivity contribution >= 4 is 0 Å².